The monoisotopic (exact) mass is 205 g/mol. The van der Waals surface area contributed by atoms with E-state index in [4.69, 9.17) is 15.3 Å². The van der Waals surface area contributed by atoms with E-state index < -0.39 is 0 Å². The van der Waals surface area contributed by atoms with E-state index in [0.717, 1.165) is 38.8 Å². The van der Waals surface area contributed by atoms with E-state index in [-0.39, 0.29) is 19.8 Å². The van der Waals surface area contributed by atoms with Crippen molar-refractivity contribution in [3.63, 3.8) is 0 Å². The Morgan fingerprint density at radius 1 is 0.571 bits per heavy atom. The summed E-state index contributed by atoms with van der Waals surface area (Å²) in [5.74, 6) is 0. The maximum atomic E-state index is 8.81. The number of hydrogen-bond acceptors (Lipinski definition) is 4. The summed E-state index contributed by atoms with van der Waals surface area (Å²) in [6.45, 7) is 3.20. The Bertz CT molecular complexity index is 102. The average molecular weight is 205 g/mol. The van der Waals surface area contributed by atoms with Crippen LogP contribution in [0.15, 0.2) is 0 Å². The zero-order valence-electron chi connectivity index (χ0n) is 8.86. The minimum absolute atomic E-state index is 0.179. The lowest BCUT2D eigenvalue weighted by Gasteiger charge is -2.20. The normalized spacial score (nSPS) is 11.1. The highest BCUT2D eigenvalue weighted by atomic mass is 16.3. The van der Waals surface area contributed by atoms with Crippen molar-refractivity contribution in [1.29, 1.82) is 0 Å². The van der Waals surface area contributed by atoms with Crippen molar-refractivity contribution >= 4 is 0 Å². The molecule has 0 heterocycles. The van der Waals surface area contributed by atoms with Crippen LogP contribution < -0.4 is 0 Å². The Hall–Kier alpha value is -0.160. The van der Waals surface area contributed by atoms with Crippen LogP contribution >= 0.6 is 0 Å². The van der Waals surface area contributed by atoms with Gasteiger partial charge in [0.1, 0.15) is 0 Å². The number of nitrogens with zero attached hydrogens (tertiary/aromatic N) is 1. The van der Waals surface area contributed by atoms with Crippen LogP contribution in [0.2, 0.25) is 0 Å². The molecule has 0 aromatic heterocycles. The standard InChI is InChI=1S/C10H23NO3/c12-8-3-1-5-11(7-10-14)6-2-4-9-13/h12-14H,1-10H2. The molecule has 0 spiro atoms. The van der Waals surface area contributed by atoms with E-state index in [2.05, 4.69) is 4.90 Å². The third-order valence-electron chi connectivity index (χ3n) is 2.18. The van der Waals surface area contributed by atoms with Gasteiger partial charge in [0.15, 0.2) is 0 Å². The Morgan fingerprint density at radius 3 is 1.43 bits per heavy atom. The molecule has 14 heavy (non-hydrogen) atoms. The van der Waals surface area contributed by atoms with Gasteiger partial charge < -0.3 is 20.2 Å². The van der Waals surface area contributed by atoms with Crippen LogP contribution in [-0.4, -0.2) is 59.7 Å². The number of unbranched alkanes of at least 4 members (excludes halogenated alkanes) is 2. The van der Waals surface area contributed by atoms with Gasteiger partial charge in [-0.1, -0.05) is 0 Å². The van der Waals surface area contributed by atoms with Gasteiger partial charge in [-0.3, -0.25) is 0 Å². The molecule has 0 saturated carbocycles. The first-order valence-corrected chi connectivity index (χ1v) is 5.40. The molecule has 0 bridgehead atoms. The van der Waals surface area contributed by atoms with Crippen LogP contribution in [0.4, 0.5) is 0 Å². The Kier molecular flexibility index (Phi) is 10.8. The van der Waals surface area contributed by atoms with Gasteiger partial charge in [0, 0.05) is 19.8 Å². The van der Waals surface area contributed by atoms with Crippen molar-refractivity contribution < 1.29 is 15.3 Å². The summed E-state index contributed by atoms with van der Waals surface area (Å²) in [5.41, 5.74) is 0. The van der Waals surface area contributed by atoms with Crippen molar-refractivity contribution in [3.05, 3.63) is 0 Å². The maximum Gasteiger partial charge on any atom is 0.0558 e. The van der Waals surface area contributed by atoms with Gasteiger partial charge in [0.2, 0.25) is 0 Å². The molecule has 86 valence electrons. The lowest BCUT2D eigenvalue weighted by Crippen LogP contribution is -2.29. The fraction of sp³-hybridized carbons (Fsp3) is 1.00. The lowest BCUT2D eigenvalue weighted by atomic mass is 10.2. The van der Waals surface area contributed by atoms with Crippen molar-refractivity contribution in [1.82, 2.24) is 4.90 Å². The molecule has 0 fully saturated rings. The summed E-state index contributed by atoms with van der Waals surface area (Å²) in [4.78, 5) is 2.17. The highest BCUT2D eigenvalue weighted by Crippen LogP contribution is 1.98. The molecule has 3 N–H and O–H groups in total. The smallest absolute Gasteiger partial charge is 0.0558 e. The molecule has 0 unspecified atom stereocenters. The Labute approximate surface area is 86.2 Å². The molecular formula is C10H23NO3. The molecule has 0 radical (unpaired) electrons. The largest absolute Gasteiger partial charge is 0.396 e. The van der Waals surface area contributed by atoms with E-state index in [0.29, 0.717) is 6.54 Å². The third kappa shape index (κ3) is 8.44. The molecule has 0 aromatic carbocycles. The summed E-state index contributed by atoms with van der Waals surface area (Å²) in [6, 6.07) is 0. The minimum Gasteiger partial charge on any atom is -0.396 e. The maximum absolute atomic E-state index is 8.81. The van der Waals surface area contributed by atoms with E-state index >= 15 is 0 Å². The zero-order chi connectivity index (χ0) is 10.6. The van der Waals surface area contributed by atoms with Gasteiger partial charge in [-0.05, 0) is 38.8 Å². The Morgan fingerprint density at radius 2 is 1.07 bits per heavy atom. The molecule has 0 saturated heterocycles. The summed E-state index contributed by atoms with van der Waals surface area (Å²) < 4.78 is 0. The molecule has 0 aliphatic rings. The average Bonchev–Trinajstić information content (AvgIpc) is 2.18. The predicted octanol–water partition coefficient (Wildman–Crippen LogP) is -0.174. The highest BCUT2D eigenvalue weighted by Gasteiger charge is 2.02. The first kappa shape index (κ1) is 13.8. The third-order valence-corrected chi connectivity index (χ3v) is 2.18. The topological polar surface area (TPSA) is 63.9 Å². The fourth-order valence-corrected chi connectivity index (χ4v) is 1.37. The summed E-state index contributed by atoms with van der Waals surface area (Å²) in [7, 11) is 0. The number of aliphatic hydroxyl groups excluding tert-OH is 3. The molecule has 4 heteroatoms. The van der Waals surface area contributed by atoms with Gasteiger partial charge >= 0.3 is 0 Å². The first-order valence-electron chi connectivity index (χ1n) is 5.40. The summed E-state index contributed by atoms with van der Waals surface area (Å²) in [5, 5.41) is 26.1. The summed E-state index contributed by atoms with van der Waals surface area (Å²) >= 11 is 0. The van der Waals surface area contributed by atoms with Crippen LogP contribution in [0.3, 0.4) is 0 Å². The molecular weight excluding hydrogens is 182 g/mol. The molecule has 0 amide bonds. The van der Waals surface area contributed by atoms with Gasteiger partial charge in [-0.2, -0.15) is 0 Å². The van der Waals surface area contributed by atoms with Crippen LogP contribution in [0.25, 0.3) is 0 Å². The SMILES string of the molecule is OCCCCN(CCO)CCCCO. The van der Waals surface area contributed by atoms with Crippen LogP contribution in [0, 0.1) is 0 Å². The van der Waals surface area contributed by atoms with Crippen molar-refractivity contribution in [2.75, 3.05) is 39.5 Å². The van der Waals surface area contributed by atoms with Crippen LogP contribution in [-0.2, 0) is 0 Å². The predicted molar refractivity (Wildman–Crippen MR) is 56.2 cm³/mol. The van der Waals surface area contributed by atoms with Gasteiger partial charge in [0.05, 0.1) is 6.61 Å². The number of rotatable bonds is 10. The Balaban J connectivity index is 3.44. The second-order valence-electron chi connectivity index (χ2n) is 3.43. The molecule has 0 aromatic rings. The molecule has 0 aliphatic carbocycles. The first-order chi connectivity index (χ1) is 6.85. The van der Waals surface area contributed by atoms with E-state index in [1.54, 1.807) is 0 Å². The molecule has 0 aliphatic heterocycles. The van der Waals surface area contributed by atoms with Crippen LogP contribution in [0.5, 0.6) is 0 Å². The number of hydrogen-bond donors (Lipinski definition) is 3. The highest BCUT2D eigenvalue weighted by molar-refractivity contribution is 4.57. The molecule has 4 nitrogen and oxygen atoms in total. The van der Waals surface area contributed by atoms with E-state index in [1.165, 1.54) is 0 Å². The second-order valence-corrected chi connectivity index (χ2v) is 3.43. The fourth-order valence-electron chi connectivity index (χ4n) is 1.37. The van der Waals surface area contributed by atoms with Crippen LogP contribution in [0.1, 0.15) is 25.7 Å². The number of aliphatic hydroxyl groups is 3. The zero-order valence-corrected chi connectivity index (χ0v) is 8.86. The van der Waals surface area contributed by atoms with E-state index in [9.17, 15) is 0 Å². The van der Waals surface area contributed by atoms with E-state index in [1.807, 2.05) is 0 Å². The van der Waals surface area contributed by atoms with Gasteiger partial charge in [0.25, 0.3) is 0 Å². The van der Waals surface area contributed by atoms with Gasteiger partial charge in [-0.15, -0.1) is 0 Å². The minimum atomic E-state index is 0.179. The summed E-state index contributed by atoms with van der Waals surface area (Å²) in [6.07, 6.45) is 3.58. The van der Waals surface area contributed by atoms with Gasteiger partial charge in [-0.25, -0.2) is 0 Å². The van der Waals surface area contributed by atoms with Crippen molar-refractivity contribution in [2.45, 2.75) is 25.7 Å². The quantitative estimate of drug-likeness (QED) is 0.433. The lowest BCUT2D eigenvalue weighted by molar-refractivity contribution is 0.181. The molecule has 0 rings (SSSR count). The van der Waals surface area contributed by atoms with Crippen molar-refractivity contribution in [3.8, 4) is 0 Å². The molecule has 0 atom stereocenters. The second kappa shape index (κ2) is 10.9. The van der Waals surface area contributed by atoms with Crippen molar-refractivity contribution in [2.24, 2.45) is 0 Å².